The molecule has 0 radical (unpaired) electrons. The lowest BCUT2D eigenvalue weighted by Crippen LogP contribution is -2.28. The summed E-state index contributed by atoms with van der Waals surface area (Å²) in [5, 5.41) is 8.91. The van der Waals surface area contributed by atoms with Crippen LogP contribution in [0.5, 0.6) is 5.75 Å². The molecule has 0 bridgehead atoms. The molecule has 1 aliphatic heterocycles. The first-order valence-electron chi connectivity index (χ1n) is 9.33. The van der Waals surface area contributed by atoms with Crippen molar-refractivity contribution in [2.45, 2.75) is 19.4 Å². The average molecular weight is 378 g/mol. The van der Waals surface area contributed by atoms with Crippen molar-refractivity contribution < 1.29 is 14.3 Å². The second-order valence-corrected chi connectivity index (χ2v) is 6.79. The molecule has 2 amide bonds. The Labute approximate surface area is 162 Å². The highest BCUT2D eigenvalue weighted by atomic mass is 16.5. The van der Waals surface area contributed by atoms with E-state index in [0.29, 0.717) is 36.5 Å². The third-order valence-electron chi connectivity index (χ3n) is 4.99. The van der Waals surface area contributed by atoms with Crippen LogP contribution in [0.1, 0.15) is 23.2 Å². The van der Waals surface area contributed by atoms with Crippen molar-refractivity contribution >= 4 is 28.3 Å². The Morgan fingerprint density at radius 2 is 2.04 bits per heavy atom. The van der Waals surface area contributed by atoms with Crippen molar-refractivity contribution in [2.75, 3.05) is 25.5 Å². The molecule has 4 rings (SSSR count). The fourth-order valence-electron chi connectivity index (χ4n) is 3.58. The quantitative estimate of drug-likeness (QED) is 0.716. The van der Waals surface area contributed by atoms with E-state index in [0.717, 1.165) is 23.7 Å². The number of hydrogen-bond acceptors (Lipinski definition) is 4. The predicted octanol–water partition coefficient (Wildman–Crippen LogP) is 2.92. The van der Waals surface area contributed by atoms with Crippen molar-refractivity contribution in [1.29, 1.82) is 0 Å². The summed E-state index contributed by atoms with van der Waals surface area (Å²) in [5.41, 5.74) is 1.16. The molecule has 1 N–H and O–H groups in total. The van der Waals surface area contributed by atoms with Crippen molar-refractivity contribution in [1.82, 2.24) is 14.7 Å². The molecule has 7 heteroatoms. The fourth-order valence-corrected chi connectivity index (χ4v) is 3.58. The monoisotopic (exact) mass is 378 g/mol. The third kappa shape index (κ3) is 3.55. The van der Waals surface area contributed by atoms with Gasteiger partial charge in [-0.1, -0.05) is 24.3 Å². The van der Waals surface area contributed by atoms with E-state index < -0.39 is 0 Å². The summed E-state index contributed by atoms with van der Waals surface area (Å²) >= 11 is 0. The van der Waals surface area contributed by atoms with Crippen LogP contribution in [0.25, 0.3) is 10.8 Å². The number of fused-ring (bicyclic) bond motifs is 1. The lowest BCUT2D eigenvalue weighted by molar-refractivity contribution is -0.127. The van der Waals surface area contributed by atoms with Gasteiger partial charge in [0.15, 0.2) is 0 Å². The number of carbonyl (C=O) groups is 2. The number of amides is 2. The number of aromatic nitrogens is 2. The highest BCUT2D eigenvalue weighted by Crippen LogP contribution is 2.29. The van der Waals surface area contributed by atoms with Gasteiger partial charge in [-0.25, -0.2) is 0 Å². The number of ether oxygens (including phenoxy) is 1. The molecule has 0 unspecified atom stereocenters. The van der Waals surface area contributed by atoms with Crippen LogP contribution >= 0.6 is 0 Å². The minimum atomic E-state index is -0.218. The number of likely N-dealkylation sites (tertiary alicyclic amines) is 1. The van der Waals surface area contributed by atoms with E-state index in [4.69, 9.17) is 4.74 Å². The molecule has 0 aliphatic carbocycles. The number of methoxy groups -OCH3 is 1. The molecule has 2 heterocycles. The smallest absolute Gasteiger partial charge is 0.256 e. The van der Waals surface area contributed by atoms with Crippen LogP contribution in [-0.2, 0) is 11.3 Å². The number of anilines is 1. The van der Waals surface area contributed by atoms with Gasteiger partial charge in [-0.3, -0.25) is 14.3 Å². The molecule has 1 aromatic heterocycles. The van der Waals surface area contributed by atoms with Gasteiger partial charge in [0.1, 0.15) is 5.75 Å². The van der Waals surface area contributed by atoms with Gasteiger partial charge in [-0.15, -0.1) is 0 Å². The lowest BCUT2D eigenvalue weighted by Gasteiger charge is -2.14. The van der Waals surface area contributed by atoms with E-state index in [1.807, 2.05) is 35.2 Å². The first-order chi connectivity index (χ1) is 13.7. The van der Waals surface area contributed by atoms with Gasteiger partial charge in [0.25, 0.3) is 5.91 Å². The molecule has 28 heavy (non-hydrogen) atoms. The zero-order chi connectivity index (χ0) is 19.5. The molecule has 1 saturated heterocycles. The zero-order valence-electron chi connectivity index (χ0n) is 15.7. The second-order valence-electron chi connectivity index (χ2n) is 6.79. The minimum Gasteiger partial charge on any atom is -0.496 e. The molecule has 0 saturated carbocycles. The summed E-state index contributed by atoms with van der Waals surface area (Å²) < 4.78 is 7.17. The van der Waals surface area contributed by atoms with Gasteiger partial charge in [0.05, 0.1) is 31.1 Å². The van der Waals surface area contributed by atoms with Crippen LogP contribution in [0, 0.1) is 0 Å². The summed E-state index contributed by atoms with van der Waals surface area (Å²) in [6.07, 6.45) is 4.95. The molecule has 7 nitrogen and oxygen atoms in total. The Bertz CT molecular complexity index is 1020. The summed E-state index contributed by atoms with van der Waals surface area (Å²) in [5.74, 6) is 0.643. The molecule has 1 aliphatic rings. The summed E-state index contributed by atoms with van der Waals surface area (Å²) in [4.78, 5) is 26.4. The molecule has 1 fully saturated rings. The molecular formula is C21H22N4O3. The predicted molar refractivity (Wildman–Crippen MR) is 106 cm³/mol. The lowest BCUT2D eigenvalue weighted by atomic mass is 10.0. The van der Waals surface area contributed by atoms with E-state index in [-0.39, 0.29) is 11.8 Å². The Balaban J connectivity index is 1.48. The Morgan fingerprint density at radius 1 is 1.21 bits per heavy atom. The first-order valence-corrected chi connectivity index (χ1v) is 9.33. The minimum absolute atomic E-state index is 0.200. The van der Waals surface area contributed by atoms with Gasteiger partial charge in [0, 0.05) is 31.1 Å². The number of benzene rings is 2. The van der Waals surface area contributed by atoms with Gasteiger partial charge in [0.2, 0.25) is 5.91 Å². The zero-order valence-corrected chi connectivity index (χ0v) is 15.7. The second kappa shape index (κ2) is 7.72. The van der Waals surface area contributed by atoms with Crippen molar-refractivity contribution in [2.24, 2.45) is 0 Å². The van der Waals surface area contributed by atoms with Crippen LogP contribution in [-0.4, -0.2) is 46.7 Å². The van der Waals surface area contributed by atoms with Crippen LogP contribution in [0.15, 0.2) is 48.8 Å². The van der Waals surface area contributed by atoms with E-state index in [9.17, 15) is 9.59 Å². The number of carbonyl (C=O) groups excluding carboxylic acids is 2. The Hall–Kier alpha value is -3.35. The van der Waals surface area contributed by atoms with Crippen molar-refractivity contribution in [3.8, 4) is 5.75 Å². The highest BCUT2D eigenvalue weighted by molar-refractivity contribution is 6.14. The molecule has 3 aromatic rings. The largest absolute Gasteiger partial charge is 0.496 e. The number of hydrogen-bond donors (Lipinski definition) is 1. The normalized spacial score (nSPS) is 13.9. The number of rotatable bonds is 6. The van der Waals surface area contributed by atoms with Crippen molar-refractivity contribution in [3.63, 3.8) is 0 Å². The van der Waals surface area contributed by atoms with Crippen LogP contribution in [0.2, 0.25) is 0 Å². The summed E-state index contributed by atoms with van der Waals surface area (Å²) in [7, 11) is 1.60. The average Bonchev–Trinajstić information content (AvgIpc) is 3.33. The van der Waals surface area contributed by atoms with Gasteiger partial charge >= 0.3 is 0 Å². The van der Waals surface area contributed by atoms with Crippen LogP contribution < -0.4 is 10.1 Å². The SMILES string of the molecule is COc1cccc2cccc(C(=O)Nc3cnn(CCN4CCCC4=O)c3)c12. The summed E-state index contributed by atoms with van der Waals surface area (Å²) in [6.45, 7) is 2.05. The maximum absolute atomic E-state index is 12.9. The number of nitrogens with zero attached hydrogens (tertiary/aromatic N) is 3. The maximum Gasteiger partial charge on any atom is 0.256 e. The van der Waals surface area contributed by atoms with E-state index in [1.165, 1.54) is 0 Å². The topological polar surface area (TPSA) is 76.5 Å². The Morgan fingerprint density at radius 3 is 2.79 bits per heavy atom. The highest BCUT2D eigenvalue weighted by Gasteiger charge is 2.19. The molecular weight excluding hydrogens is 356 g/mol. The summed E-state index contributed by atoms with van der Waals surface area (Å²) in [6, 6.07) is 11.3. The van der Waals surface area contributed by atoms with E-state index in [2.05, 4.69) is 10.4 Å². The van der Waals surface area contributed by atoms with Crippen LogP contribution in [0.3, 0.4) is 0 Å². The molecule has 0 spiro atoms. The molecule has 0 atom stereocenters. The van der Waals surface area contributed by atoms with Gasteiger partial charge in [-0.2, -0.15) is 5.10 Å². The standard InChI is InChI=1S/C21H22N4O3/c1-28-18-8-3-6-15-5-2-7-17(20(15)18)21(27)23-16-13-22-25(14-16)12-11-24-10-4-9-19(24)26/h2-3,5-8,13-14H,4,9-12H2,1H3,(H,23,27). The van der Waals surface area contributed by atoms with Gasteiger partial charge in [-0.05, 0) is 23.9 Å². The number of nitrogens with one attached hydrogen (secondary N) is 1. The fraction of sp³-hybridized carbons (Fsp3) is 0.286. The third-order valence-corrected chi connectivity index (χ3v) is 4.99. The van der Waals surface area contributed by atoms with E-state index >= 15 is 0 Å². The van der Waals surface area contributed by atoms with E-state index in [1.54, 1.807) is 30.3 Å². The maximum atomic E-state index is 12.9. The Kier molecular flexibility index (Phi) is 4.97. The van der Waals surface area contributed by atoms with Gasteiger partial charge < -0.3 is 15.0 Å². The first kappa shape index (κ1) is 18.0. The van der Waals surface area contributed by atoms with Crippen molar-refractivity contribution in [3.05, 3.63) is 54.4 Å². The van der Waals surface area contributed by atoms with Crippen LogP contribution in [0.4, 0.5) is 5.69 Å². The molecule has 144 valence electrons. The molecule has 2 aromatic carbocycles.